The van der Waals surface area contributed by atoms with Crippen LogP contribution in [0.1, 0.15) is 134 Å². The molecular weight excluding hydrogens is 1410 g/mol. The average Bonchev–Trinajstić information content (AvgIpc) is 1.83. The van der Waals surface area contributed by atoms with Crippen molar-refractivity contribution in [1.29, 1.82) is 0 Å². The molecule has 0 nitrogen and oxygen atoms in total. The summed E-state index contributed by atoms with van der Waals surface area (Å²) in [6, 6.07) is 30.3. The minimum Gasteiger partial charge on any atom is -0.207 e. The maximum Gasteiger partial charge on any atom is 0.417 e. The Kier molecular flexibility index (Phi) is 33.2. The van der Waals surface area contributed by atoms with E-state index in [4.69, 9.17) is 23.2 Å². The van der Waals surface area contributed by atoms with Crippen LogP contribution < -0.4 is 0 Å². The molecule has 0 aromatic heterocycles. The summed E-state index contributed by atoms with van der Waals surface area (Å²) in [5.74, 6) is -0.178. The average molecular weight is 1490 g/mol. The fourth-order valence-corrected chi connectivity index (χ4v) is 12.0. The number of rotatable bonds is 0. The van der Waals surface area contributed by atoms with E-state index in [-0.39, 0.29) is 21.7 Å². The lowest BCUT2D eigenvalue weighted by Crippen LogP contribution is -2.10. The van der Waals surface area contributed by atoms with Gasteiger partial charge in [0.1, 0.15) is 11.6 Å². The van der Waals surface area contributed by atoms with Gasteiger partial charge in [-0.25, -0.2) is 8.78 Å². The lowest BCUT2D eigenvalue weighted by atomic mass is 10.00. The van der Waals surface area contributed by atoms with Gasteiger partial charge in [0.05, 0.1) is 16.1 Å². The summed E-state index contributed by atoms with van der Waals surface area (Å²) in [4.78, 5) is 0. The van der Waals surface area contributed by atoms with Gasteiger partial charge in [-0.1, -0.05) is 166 Å². The second kappa shape index (κ2) is 35.8. The van der Waals surface area contributed by atoms with Gasteiger partial charge in [0.25, 0.3) is 0 Å². The van der Waals surface area contributed by atoms with Gasteiger partial charge in [-0.05, 0) is 293 Å². The first kappa shape index (κ1) is 79.7. The summed E-state index contributed by atoms with van der Waals surface area (Å²) in [6.45, 7) is 42.1. The molecule has 8 aromatic carbocycles. The van der Waals surface area contributed by atoms with Gasteiger partial charge in [0.15, 0.2) is 0 Å². The molecule has 0 unspecified atom stereocenters. The largest absolute Gasteiger partial charge is 0.417 e. The van der Waals surface area contributed by atoms with Crippen molar-refractivity contribution in [3.63, 3.8) is 0 Å². The summed E-state index contributed by atoms with van der Waals surface area (Å²) in [7, 11) is 0. The first-order chi connectivity index (χ1) is 39.3. The molecule has 8 rings (SSSR count). The van der Waals surface area contributed by atoms with E-state index in [9.17, 15) is 35.1 Å². The van der Waals surface area contributed by atoms with Crippen LogP contribution in [-0.2, 0) is 12.4 Å². The lowest BCUT2D eigenvalue weighted by Gasteiger charge is -2.13. The predicted molar refractivity (Wildman–Crippen MR) is 366 cm³/mol. The molecule has 0 saturated carbocycles. The van der Waals surface area contributed by atoms with E-state index in [0.717, 1.165) is 64.6 Å². The van der Waals surface area contributed by atoms with Crippen LogP contribution in [0.5, 0.6) is 0 Å². The number of aryl methyl sites for hydroxylation is 20. The highest BCUT2D eigenvalue weighted by Crippen LogP contribution is 2.38. The smallest absolute Gasteiger partial charge is 0.207 e. The minimum absolute atomic E-state index is 0.0781. The Morgan fingerprint density at radius 3 is 0.849 bits per heavy atom. The van der Waals surface area contributed by atoms with Crippen molar-refractivity contribution >= 4 is 86.9 Å². The summed E-state index contributed by atoms with van der Waals surface area (Å²) in [5.41, 5.74) is 20.7. The molecule has 0 amide bonds. The van der Waals surface area contributed by atoms with E-state index in [1.54, 1.807) is 52.8 Å². The van der Waals surface area contributed by atoms with Gasteiger partial charge in [0.2, 0.25) is 0 Å². The molecule has 8 aromatic rings. The van der Waals surface area contributed by atoms with Gasteiger partial charge < -0.3 is 0 Å². The molecule has 86 heavy (non-hydrogen) atoms. The SMILES string of the molecule is Cc1cc(C)c(Br)c(C)c1.Cc1cc(C)c(C(F)(F)F)c(Br)c1.Cc1cc(C)c(C(F)(F)F)c(C)c1.Cc1cc(C)c(C)c(Br)c1.Cc1cc(C)c(C)c(F)c1.Cc1cc(C)c(Cl)c(Br)c1.Cc1cc(C)c(Cl)c(C)c1.Cc1cc(C)c(F)c(C)c1. The highest BCUT2D eigenvalue weighted by Gasteiger charge is 2.35. The summed E-state index contributed by atoms with van der Waals surface area (Å²) in [5, 5.41) is 1.70. The van der Waals surface area contributed by atoms with Crippen LogP contribution in [-0.4, -0.2) is 0 Å². The highest BCUT2D eigenvalue weighted by atomic mass is 79.9. The number of benzene rings is 8. The molecular formula is C72H82Br4Cl2F8. The van der Waals surface area contributed by atoms with Crippen LogP contribution in [0.15, 0.2) is 115 Å². The molecule has 0 spiro atoms. The monoisotopic (exact) mass is 1480 g/mol. The van der Waals surface area contributed by atoms with Crippen LogP contribution in [0.2, 0.25) is 10.0 Å². The zero-order valence-corrected chi connectivity index (χ0v) is 61.4. The third-order valence-electron chi connectivity index (χ3n) is 13.3. The standard InChI is InChI=1S/C10H11F3.C9H8BrF3.2C9H11Br.C9H11Cl.2C9H11F.C8H8BrCl/c1-6-4-7(2)9(8(3)5-6)10(11,12)13;1-5-3-6(2)8(7(10)4-5)9(11,12)13;1-6-4-7(2)8(3)9(10)5-6;2*1-6-4-7(2)9(10)8(3)5-6;1-6-4-7(2)8(3)9(10)5-6;1-6-4-7(2)9(10)8(3)5-6;1-5-3-6(2)8(10)7(9)4-5/h4-5H,1-3H3;3-4H,1-2H3;5*4-5H,1-3H3;3-4H,1-2H3. The Labute approximate surface area is 552 Å². The molecule has 0 aliphatic carbocycles. The van der Waals surface area contributed by atoms with Crippen molar-refractivity contribution in [3.05, 3.63) is 270 Å². The first-order valence-corrected chi connectivity index (χ1v) is 31.3. The zero-order chi connectivity index (χ0) is 66.8. The van der Waals surface area contributed by atoms with Crippen molar-refractivity contribution in [1.82, 2.24) is 0 Å². The number of halogens is 14. The number of alkyl halides is 6. The van der Waals surface area contributed by atoms with Crippen molar-refractivity contribution in [3.8, 4) is 0 Å². The second-order valence-electron chi connectivity index (χ2n) is 22.1. The summed E-state index contributed by atoms with van der Waals surface area (Å²) >= 11 is 25.1. The van der Waals surface area contributed by atoms with Gasteiger partial charge in [-0.2, -0.15) is 26.3 Å². The third kappa shape index (κ3) is 26.8. The van der Waals surface area contributed by atoms with E-state index in [1.165, 1.54) is 97.5 Å². The van der Waals surface area contributed by atoms with Crippen molar-refractivity contribution in [2.75, 3.05) is 0 Å². The fourth-order valence-electron chi connectivity index (χ4n) is 9.26. The predicted octanol–water partition coefficient (Wildman–Crippen LogP) is 27.0. The second-order valence-corrected chi connectivity index (χ2v) is 26.2. The van der Waals surface area contributed by atoms with E-state index in [1.807, 2.05) is 72.7 Å². The van der Waals surface area contributed by atoms with Crippen molar-refractivity contribution in [2.24, 2.45) is 0 Å². The maximum atomic E-state index is 12.9. The van der Waals surface area contributed by atoms with Crippen LogP contribution in [0.4, 0.5) is 35.1 Å². The summed E-state index contributed by atoms with van der Waals surface area (Å²) < 4.78 is 104. The highest BCUT2D eigenvalue weighted by molar-refractivity contribution is 9.11. The molecule has 0 fully saturated rings. The van der Waals surface area contributed by atoms with Gasteiger partial charge in [0, 0.05) is 22.9 Å². The summed E-state index contributed by atoms with van der Waals surface area (Å²) in [6.07, 6.45) is -8.52. The van der Waals surface area contributed by atoms with Crippen LogP contribution >= 0.6 is 86.9 Å². The third-order valence-corrected chi connectivity index (χ3v) is 17.9. The normalized spacial score (nSPS) is 10.6. The Bertz CT molecular complexity index is 2900. The van der Waals surface area contributed by atoms with Gasteiger partial charge in [-0.3, -0.25) is 0 Å². The van der Waals surface area contributed by atoms with Gasteiger partial charge in [-0.15, -0.1) is 0 Å². The van der Waals surface area contributed by atoms with E-state index in [2.05, 4.69) is 155 Å². The molecule has 0 aliphatic heterocycles. The molecule has 0 aliphatic rings. The molecule has 0 bridgehead atoms. The van der Waals surface area contributed by atoms with Crippen molar-refractivity contribution in [2.45, 2.75) is 165 Å². The van der Waals surface area contributed by atoms with E-state index >= 15 is 0 Å². The van der Waals surface area contributed by atoms with Crippen LogP contribution in [0.3, 0.4) is 0 Å². The van der Waals surface area contributed by atoms with Crippen LogP contribution in [0.25, 0.3) is 0 Å². The molecule has 0 saturated heterocycles. The number of hydrogen-bond acceptors (Lipinski definition) is 0. The molecule has 0 atom stereocenters. The maximum absolute atomic E-state index is 12.9. The molecule has 468 valence electrons. The van der Waals surface area contributed by atoms with E-state index < -0.39 is 23.5 Å². The Hall–Kier alpha value is -4.30. The Morgan fingerprint density at radius 2 is 0.523 bits per heavy atom. The number of hydrogen-bond donors (Lipinski definition) is 0. The molecule has 14 heteroatoms. The Balaban J connectivity index is 0.000000493. The fraction of sp³-hybridized carbons (Fsp3) is 0.333. The van der Waals surface area contributed by atoms with E-state index in [0.29, 0.717) is 11.1 Å². The topological polar surface area (TPSA) is 0 Å². The van der Waals surface area contributed by atoms with Gasteiger partial charge >= 0.3 is 12.4 Å². The zero-order valence-electron chi connectivity index (χ0n) is 53.5. The Morgan fingerprint density at radius 1 is 0.267 bits per heavy atom. The minimum atomic E-state index is -4.28. The lowest BCUT2D eigenvalue weighted by molar-refractivity contribution is -0.139. The van der Waals surface area contributed by atoms with Crippen molar-refractivity contribution < 1.29 is 35.1 Å². The van der Waals surface area contributed by atoms with Crippen LogP contribution in [0, 0.1) is 164 Å². The molecule has 0 N–H and O–H groups in total. The first-order valence-electron chi connectivity index (χ1n) is 27.4. The molecule has 0 radical (unpaired) electrons. The molecule has 0 heterocycles. The quantitative estimate of drug-likeness (QED) is 0.133.